The van der Waals surface area contributed by atoms with Gasteiger partial charge in [0.15, 0.2) is 17.3 Å². The number of rotatable bonds is 7. The highest BCUT2D eigenvalue weighted by Gasteiger charge is 2.12. The van der Waals surface area contributed by atoms with Gasteiger partial charge in [-0.2, -0.15) is 0 Å². The molecule has 2 aromatic carbocycles. The van der Waals surface area contributed by atoms with Crippen LogP contribution in [-0.4, -0.2) is 33.0 Å². The van der Waals surface area contributed by atoms with Crippen LogP contribution >= 0.6 is 11.6 Å². The molecule has 0 saturated heterocycles. The van der Waals surface area contributed by atoms with Crippen LogP contribution in [0.1, 0.15) is 22.8 Å². The van der Waals surface area contributed by atoms with Crippen LogP contribution in [0.25, 0.3) is 6.08 Å². The monoisotopic (exact) mass is 395 g/mol. The number of ether oxygens (including phenoxy) is 1. The van der Waals surface area contributed by atoms with Crippen LogP contribution < -0.4 is 9.46 Å². The average Bonchev–Trinajstić information content (AvgIpc) is 2.63. The zero-order valence-electron chi connectivity index (χ0n) is 14.2. The van der Waals surface area contributed by atoms with Gasteiger partial charge < -0.3 is 9.84 Å². The number of hydrogen-bond donors (Lipinski definition) is 2. The first kappa shape index (κ1) is 20.0. The van der Waals surface area contributed by atoms with Gasteiger partial charge in [-0.15, -0.1) is 0 Å². The second kappa shape index (κ2) is 8.35. The SMILES string of the molecule is CCOc1cc(/C=C/C(=O)c2ccc(S(=O)(=O)NC)cc2)cc(Cl)c1O. The Morgan fingerprint density at radius 2 is 1.92 bits per heavy atom. The molecule has 8 heteroatoms. The van der Waals surface area contributed by atoms with Gasteiger partial charge in [-0.3, -0.25) is 4.79 Å². The molecule has 0 aliphatic heterocycles. The predicted octanol–water partition coefficient (Wildman–Crippen LogP) is 3.25. The van der Waals surface area contributed by atoms with E-state index < -0.39 is 10.0 Å². The molecule has 138 valence electrons. The fourth-order valence-corrected chi connectivity index (χ4v) is 3.09. The third kappa shape index (κ3) is 4.63. The van der Waals surface area contributed by atoms with Gasteiger partial charge in [0.05, 0.1) is 16.5 Å². The standard InChI is InChI=1S/C18H18ClNO5S/c1-3-25-17-11-12(10-15(19)18(17)22)4-9-16(21)13-5-7-14(8-6-13)26(23,24)20-2/h4-11,20,22H,3H2,1-2H3/b9-4+. The van der Waals surface area contributed by atoms with E-state index in [9.17, 15) is 18.3 Å². The molecular weight excluding hydrogens is 378 g/mol. The number of carbonyl (C=O) groups is 1. The molecule has 0 aromatic heterocycles. The molecule has 0 heterocycles. The summed E-state index contributed by atoms with van der Waals surface area (Å²) in [6.07, 6.45) is 2.87. The topological polar surface area (TPSA) is 92.7 Å². The van der Waals surface area contributed by atoms with Gasteiger partial charge in [-0.25, -0.2) is 13.1 Å². The number of ketones is 1. The van der Waals surface area contributed by atoms with Crippen LogP contribution in [0, 0.1) is 0 Å². The van der Waals surface area contributed by atoms with Crippen molar-refractivity contribution in [2.24, 2.45) is 0 Å². The summed E-state index contributed by atoms with van der Waals surface area (Å²) in [6, 6.07) is 8.66. The number of allylic oxidation sites excluding steroid dienone is 1. The van der Waals surface area contributed by atoms with E-state index in [1.807, 2.05) is 0 Å². The smallest absolute Gasteiger partial charge is 0.240 e. The molecule has 26 heavy (non-hydrogen) atoms. The molecular formula is C18H18ClNO5S. The summed E-state index contributed by atoms with van der Waals surface area (Å²) in [6.45, 7) is 2.13. The Morgan fingerprint density at radius 3 is 2.50 bits per heavy atom. The van der Waals surface area contributed by atoms with E-state index in [0.29, 0.717) is 17.7 Å². The van der Waals surface area contributed by atoms with Gasteiger partial charge in [0.25, 0.3) is 0 Å². The van der Waals surface area contributed by atoms with Crippen LogP contribution in [0.3, 0.4) is 0 Å². The minimum absolute atomic E-state index is 0.0761. The molecule has 0 saturated carbocycles. The maximum absolute atomic E-state index is 12.2. The number of carbonyl (C=O) groups excluding carboxylic acids is 1. The first-order chi connectivity index (χ1) is 12.3. The molecule has 0 atom stereocenters. The minimum atomic E-state index is -3.55. The van der Waals surface area contributed by atoms with Crippen molar-refractivity contribution < 1.29 is 23.1 Å². The molecule has 0 radical (unpaired) electrons. The Labute approximate surface area is 157 Å². The van der Waals surface area contributed by atoms with Crippen molar-refractivity contribution in [1.29, 1.82) is 0 Å². The lowest BCUT2D eigenvalue weighted by atomic mass is 10.1. The first-order valence-electron chi connectivity index (χ1n) is 7.69. The van der Waals surface area contributed by atoms with Crippen molar-refractivity contribution in [2.75, 3.05) is 13.7 Å². The molecule has 2 aromatic rings. The van der Waals surface area contributed by atoms with E-state index >= 15 is 0 Å². The number of phenols is 1. The predicted molar refractivity (Wildman–Crippen MR) is 100 cm³/mol. The maximum Gasteiger partial charge on any atom is 0.240 e. The van der Waals surface area contributed by atoms with E-state index in [0.717, 1.165) is 0 Å². The van der Waals surface area contributed by atoms with E-state index in [1.165, 1.54) is 49.5 Å². The lowest BCUT2D eigenvalue weighted by molar-refractivity contribution is 0.104. The van der Waals surface area contributed by atoms with Gasteiger partial charge in [-0.05, 0) is 62.0 Å². The number of halogens is 1. The Kier molecular flexibility index (Phi) is 6.42. The second-order valence-corrected chi connectivity index (χ2v) is 7.51. The largest absolute Gasteiger partial charge is 0.503 e. The van der Waals surface area contributed by atoms with Crippen LogP contribution in [0.2, 0.25) is 5.02 Å². The summed E-state index contributed by atoms with van der Waals surface area (Å²) in [4.78, 5) is 12.3. The number of hydrogen-bond acceptors (Lipinski definition) is 5. The highest BCUT2D eigenvalue weighted by atomic mass is 35.5. The third-order valence-electron chi connectivity index (χ3n) is 3.50. The summed E-state index contributed by atoms with van der Waals surface area (Å²) in [7, 11) is -2.23. The third-order valence-corrected chi connectivity index (χ3v) is 5.21. The van der Waals surface area contributed by atoms with Gasteiger partial charge in [-0.1, -0.05) is 17.7 Å². The Bertz CT molecular complexity index is 937. The van der Waals surface area contributed by atoms with Crippen molar-refractivity contribution >= 4 is 33.5 Å². The Hall–Kier alpha value is -2.35. The van der Waals surface area contributed by atoms with Crippen molar-refractivity contribution in [1.82, 2.24) is 4.72 Å². The number of nitrogens with one attached hydrogen (secondary N) is 1. The summed E-state index contributed by atoms with van der Waals surface area (Å²) in [5.41, 5.74) is 0.921. The molecule has 2 N–H and O–H groups in total. The van der Waals surface area contributed by atoms with Gasteiger partial charge >= 0.3 is 0 Å². The number of phenolic OH excluding ortho intramolecular Hbond substituents is 1. The van der Waals surface area contributed by atoms with Gasteiger partial charge in [0.1, 0.15) is 0 Å². The Balaban J connectivity index is 2.22. The Morgan fingerprint density at radius 1 is 1.27 bits per heavy atom. The zero-order chi connectivity index (χ0) is 19.3. The fraction of sp³-hybridized carbons (Fsp3) is 0.167. The number of aromatic hydroxyl groups is 1. The van der Waals surface area contributed by atoms with E-state index in [2.05, 4.69) is 4.72 Å². The molecule has 0 unspecified atom stereocenters. The molecule has 0 bridgehead atoms. The van der Waals surface area contributed by atoms with Crippen LogP contribution in [0.15, 0.2) is 47.4 Å². The van der Waals surface area contributed by atoms with Gasteiger partial charge in [0.2, 0.25) is 10.0 Å². The molecule has 0 aliphatic carbocycles. The second-order valence-electron chi connectivity index (χ2n) is 5.21. The van der Waals surface area contributed by atoms with Crippen LogP contribution in [0.4, 0.5) is 0 Å². The molecule has 0 amide bonds. The molecule has 6 nitrogen and oxygen atoms in total. The normalized spacial score (nSPS) is 11.7. The van der Waals surface area contributed by atoms with Crippen molar-refractivity contribution in [3.63, 3.8) is 0 Å². The van der Waals surface area contributed by atoms with Gasteiger partial charge in [0, 0.05) is 5.56 Å². The first-order valence-corrected chi connectivity index (χ1v) is 9.56. The maximum atomic E-state index is 12.2. The quantitative estimate of drug-likeness (QED) is 0.554. The van der Waals surface area contributed by atoms with E-state index in [4.69, 9.17) is 16.3 Å². The van der Waals surface area contributed by atoms with Crippen molar-refractivity contribution in [2.45, 2.75) is 11.8 Å². The highest BCUT2D eigenvalue weighted by Crippen LogP contribution is 2.35. The lowest BCUT2D eigenvalue weighted by Crippen LogP contribution is -2.18. The number of sulfonamides is 1. The molecule has 2 rings (SSSR count). The average molecular weight is 396 g/mol. The van der Waals surface area contributed by atoms with E-state index in [-0.39, 0.29) is 27.2 Å². The molecule has 0 aliphatic rings. The summed E-state index contributed by atoms with van der Waals surface area (Å²) in [5, 5.41) is 9.93. The summed E-state index contributed by atoms with van der Waals surface area (Å²) < 4.78 is 30.9. The molecule has 0 fully saturated rings. The highest BCUT2D eigenvalue weighted by molar-refractivity contribution is 7.89. The number of benzene rings is 2. The van der Waals surface area contributed by atoms with Crippen LogP contribution in [0.5, 0.6) is 11.5 Å². The fourth-order valence-electron chi connectivity index (χ4n) is 2.14. The van der Waals surface area contributed by atoms with Crippen molar-refractivity contribution in [3.8, 4) is 11.5 Å². The lowest BCUT2D eigenvalue weighted by Gasteiger charge is -2.08. The molecule has 0 spiro atoms. The van der Waals surface area contributed by atoms with Crippen LogP contribution in [-0.2, 0) is 10.0 Å². The summed E-state index contributed by atoms with van der Waals surface area (Å²) >= 11 is 5.95. The van der Waals surface area contributed by atoms with E-state index in [1.54, 1.807) is 13.0 Å². The zero-order valence-corrected chi connectivity index (χ0v) is 15.8. The van der Waals surface area contributed by atoms with Crippen molar-refractivity contribution in [3.05, 3.63) is 58.6 Å². The minimum Gasteiger partial charge on any atom is -0.503 e. The summed E-state index contributed by atoms with van der Waals surface area (Å²) in [5.74, 6) is -0.229.